The maximum Gasteiger partial charge on any atom is 0.307 e. The van der Waals surface area contributed by atoms with Gasteiger partial charge in [0.05, 0.1) is 28.2 Å². The molecule has 3 aromatic heterocycles. The number of benzene rings is 3. The van der Waals surface area contributed by atoms with Gasteiger partial charge in [0.2, 0.25) is 0 Å². The number of nitrogens with zero attached hydrogens (tertiary/aromatic N) is 5. The van der Waals surface area contributed by atoms with Crippen molar-refractivity contribution in [1.82, 2.24) is 24.5 Å². The topological polar surface area (TPSA) is 103 Å². The average molecular weight is 570 g/mol. The molecule has 1 fully saturated rings. The number of pyridine rings is 1. The fraction of sp³-hybridized carbons (Fsp3) is 0.229. The Hall–Kier alpha value is -5.11. The van der Waals surface area contributed by atoms with Gasteiger partial charge in [-0.1, -0.05) is 61.4 Å². The summed E-state index contributed by atoms with van der Waals surface area (Å²) in [7, 11) is 0. The van der Waals surface area contributed by atoms with Crippen molar-refractivity contribution >= 4 is 27.9 Å². The number of hydrogen-bond donors (Lipinski definition) is 1. The number of para-hydroxylation sites is 1. The Kier molecular flexibility index (Phi) is 7.25. The summed E-state index contributed by atoms with van der Waals surface area (Å²) < 4.78 is 8.35. The molecule has 214 valence electrons. The molecular weight excluding hydrogens is 538 g/mol. The van der Waals surface area contributed by atoms with E-state index in [2.05, 4.69) is 44.9 Å². The molecule has 1 aliphatic rings. The molecule has 2 atom stereocenters. The highest BCUT2D eigenvalue weighted by atomic mass is 16.5. The molecule has 3 heterocycles. The monoisotopic (exact) mass is 569 g/mol. The Morgan fingerprint density at radius 2 is 1.67 bits per heavy atom. The van der Waals surface area contributed by atoms with Crippen molar-refractivity contribution in [2.75, 3.05) is 0 Å². The third-order valence-electron chi connectivity index (χ3n) is 8.40. The highest BCUT2D eigenvalue weighted by Gasteiger charge is 2.35. The van der Waals surface area contributed by atoms with E-state index in [1.165, 1.54) is 6.33 Å². The number of aromatic nitrogens is 5. The van der Waals surface area contributed by atoms with Crippen LogP contribution in [0.25, 0.3) is 33.1 Å². The minimum atomic E-state index is -0.746. The van der Waals surface area contributed by atoms with Crippen LogP contribution in [0, 0.1) is 5.92 Å². The van der Waals surface area contributed by atoms with E-state index in [-0.39, 0.29) is 5.92 Å². The second-order valence-corrected chi connectivity index (χ2v) is 11.2. The van der Waals surface area contributed by atoms with E-state index in [1.54, 1.807) is 12.4 Å². The van der Waals surface area contributed by atoms with Crippen LogP contribution in [0.2, 0.25) is 0 Å². The molecule has 0 radical (unpaired) electrons. The van der Waals surface area contributed by atoms with E-state index in [0.29, 0.717) is 25.3 Å². The van der Waals surface area contributed by atoms with Crippen molar-refractivity contribution < 1.29 is 14.6 Å². The van der Waals surface area contributed by atoms with Crippen LogP contribution >= 0.6 is 0 Å². The summed E-state index contributed by atoms with van der Waals surface area (Å²) in [4.78, 5) is 30.3. The van der Waals surface area contributed by atoms with Crippen molar-refractivity contribution in [3.8, 4) is 16.9 Å². The number of carboxylic acids is 1. The second-order valence-electron chi connectivity index (χ2n) is 11.2. The molecular formula is C35H31N5O3. The molecule has 1 saturated carbocycles. The lowest BCUT2D eigenvalue weighted by molar-refractivity contribution is -0.143. The fourth-order valence-corrected chi connectivity index (χ4v) is 6.18. The van der Waals surface area contributed by atoms with Gasteiger partial charge in [0, 0.05) is 41.9 Å². The lowest BCUT2D eigenvalue weighted by Crippen LogP contribution is -2.27. The minimum Gasteiger partial charge on any atom is -0.487 e. The van der Waals surface area contributed by atoms with Crippen LogP contribution < -0.4 is 4.74 Å². The molecule has 6 aromatic rings. The van der Waals surface area contributed by atoms with Crippen LogP contribution in [0.3, 0.4) is 0 Å². The summed E-state index contributed by atoms with van der Waals surface area (Å²) in [6.45, 7) is 0.924. The molecule has 1 aliphatic carbocycles. The molecule has 1 N–H and O–H groups in total. The largest absolute Gasteiger partial charge is 0.487 e. The Morgan fingerprint density at radius 1 is 0.860 bits per heavy atom. The lowest BCUT2D eigenvalue weighted by atomic mass is 9.78. The van der Waals surface area contributed by atoms with Gasteiger partial charge in [-0.2, -0.15) is 0 Å². The van der Waals surface area contributed by atoms with Gasteiger partial charge < -0.3 is 14.4 Å². The van der Waals surface area contributed by atoms with Gasteiger partial charge in [-0.3, -0.25) is 4.79 Å². The van der Waals surface area contributed by atoms with Crippen molar-refractivity contribution in [3.05, 3.63) is 115 Å². The Labute approximate surface area is 249 Å². The van der Waals surface area contributed by atoms with E-state index < -0.39 is 11.9 Å². The summed E-state index contributed by atoms with van der Waals surface area (Å²) in [6.07, 6.45) is 8.53. The second kappa shape index (κ2) is 11.6. The van der Waals surface area contributed by atoms with Crippen molar-refractivity contribution in [3.63, 3.8) is 0 Å². The lowest BCUT2D eigenvalue weighted by Gasteiger charge is -2.28. The molecule has 7 rings (SSSR count). The summed E-state index contributed by atoms with van der Waals surface area (Å²) in [5, 5.41) is 11.2. The summed E-state index contributed by atoms with van der Waals surface area (Å²) in [5.74, 6) is 0.192. The maximum atomic E-state index is 12.3. The van der Waals surface area contributed by atoms with Crippen LogP contribution in [0.15, 0.2) is 97.6 Å². The average Bonchev–Trinajstić information content (AvgIpc) is 3.41. The number of carbonyl (C=O) groups is 1. The van der Waals surface area contributed by atoms with Gasteiger partial charge in [0.15, 0.2) is 0 Å². The van der Waals surface area contributed by atoms with Crippen LogP contribution in [-0.2, 0) is 17.9 Å². The number of carboxylic acid groups (broad SMARTS) is 1. The number of ether oxygens (including phenoxy) is 1. The molecule has 0 aliphatic heterocycles. The van der Waals surface area contributed by atoms with Gasteiger partial charge in [-0.15, -0.1) is 0 Å². The zero-order chi connectivity index (χ0) is 29.2. The van der Waals surface area contributed by atoms with Gasteiger partial charge in [0.1, 0.15) is 24.5 Å². The Balaban J connectivity index is 1.20. The number of hydrogen-bond acceptors (Lipinski definition) is 6. The van der Waals surface area contributed by atoms with Gasteiger partial charge in [-0.05, 0) is 48.2 Å². The molecule has 43 heavy (non-hydrogen) atoms. The molecule has 3 aromatic carbocycles. The van der Waals surface area contributed by atoms with Crippen molar-refractivity contribution in [2.45, 2.75) is 44.8 Å². The standard InChI is InChI=1S/C35H31N5O3/c41-35(42)30-7-3-2-6-29(30)34-39-32-17-28(43-21-27-14-13-25-5-1-4-8-31(25)38-27)15-16-33(32)40(34)20-23-9-11-24(12-10-23)26-18-36-22-37-19-26/h1,4-5,8-19,22,29-30H,2-3,6-7,20-21H2,(H,41,42)/t29?,30-/m0/s1. The molecule has 0 spiro atoms. The molecule has 0 bridgehead atoms. The summed E-state index contributed by atoms with van der Waals surface area (Å²) in [6, 6.07) is 26.3. The zero-order valence-corrected chi connectivity index (χ0v) is 23.6. The summed E-state index contributed by atoms with van der Waals surface area (Å²) in [5.41, 5.74) is 6.65. The smallest absolute Gasteiger partial charge is 0.307 e. The van der Waals surface area contributed by atoms with Crippen LogP contribution in [0.4, 0.5) is 0 Å². The highest BCUT2D eigenvalue weighted by Crippen LogP contribution is 2.39. The molecule has 8 nitrogen and oxygen atoms in total. The zero-order valence-electron chi connectivity index (χ0n) is 23.6. The van der Waals surface area contributed by atoms with E-state index in [4.69, 9.17) is 14.7 Å². The first-order chi connectivity index (χ1) is 21.1. The third kappa shape index (κ3) is 5.56. The SMILES string of the molecule is O=C(O)[C@H]1CCCCC1c1nc2cc(OCc3ccc4ccccc4n3)ccc2n1Cc1ccc(-c2cncnc2)cc1. The van der Waals surface area contributed by atoms with Crippen LogP contribution in [-0.4, -0.2) is 35.6 Å². The first kappa shape index (κ1) is 26.8. The first-order valence-electron chi connectivity index (χ1n) is 14.7. The summed E-state index contributed by atoms with van der Waals surface area (Å²) >= 11 is 0. The third-order valence-corrected chi connectivity index (χ3v) is 8.40. The normalized spacial score (nSPS) is 16.8. The molecule has 0 saturated heterocycles. The van der Waals surface area contributed by atoms with E-state index in [0.717, 1.165) is 69.4 Å². The van der Waals surface area contributed by atoms with Crippen LogP contribution in [0.1, 0.15) is 48.7 Å². The van der Waals surface area contributed by atoms with E-state index in [1.807, 2.05) is 48.5 Å². The number of rotatable bonds is 8. The maximum absolute atomic E-state index is 12.3. The molecule has 1 unspecified atom stereocenters. The fourth-order valence-electron chi connectivity index (χ4n) is 6.18. The van der Waals surface area contributed by atoms with Gasteiger partial charge in [0.25, 0.3) is 0 Å². The Morgan fingerprint density at radius 3 is 2.51 bits per heavy atom. The number of aliphatic carboxylic acids is 1. The van der Waals surface area contributed by atoms with Crippen molar-refractivity contribution in [2.24, 2.45) is 5.92 Å². The quantitative estimate of drug-likeness (QED) is 0.210. The van der Waals surface area contributed by atoms with E-state index >= 15 is 0 Å². The highest BCUT2D eigenvalue weighted by molar-refractivity contribution is 5.79. The molecule has 8 heteroatoms. The molecule has 0 amide bonds. The first-order valence-corrected chi connectivity index (χ1v) is 14.7. The number of imidazole rings is 1. The van der Waals surface area contributed by atoms with Crippen molar-refractivity contribution in [1.29, 1.82) is 0 Å². The van der Waals surface area contributed by atoms with Gasteiger partial charge in [-0.25, -0.2) is 19.9 Å². The Bertz CT molecular complexity index is 1900. The number of fused-ring (bicyclic) bond motifs is 2. The minimum absolute atomic E-state index is 0.148. The van der Waals surface area contributed by atoms with Gasteiger partial charge >= 0.3 is 5.97 Å². The van der Waals surface area contributed by atoms with E-state index in [9.17, 15) is 9.90 Å². The van der Waals surface area contributed by atoms with Crippen LogP contribution in [0.5, 0.6) is 5.75 Å². The predicted octanol–water partition coefficient (Wildman–Crippen LogP) is 7.03. The predicted molar refractivity (Wildman–Crippen MR) is 165 cm³/mol.